The fourth-order valence-electron chi connectivity index (χ4n) is 3.13. The van der Waals surface area contributed by atoms with Gasteiger partial charge in [-0.1, -0.05) is 13.8 Å². The van der Waals surface area contributed by atoms with E-state index in [0.29, 0.717) is 42.0 Å². The van der Waals surface area contributed by atoms with Crippen LogP contribution in [0.25, 0.3) is 0 Å². The number of aromatic nitrogens is 3. The highest BCUT2D eigenvalue weighted by Gasteiger charge is 2.17. The number of ether oxygens (including phenoxy) is 1. The lowest BCUT2D eigenvalue weighted by Crippen LogP contribution is -2.32. The van der Waals surface area contributed by atoms with Crippen molar-refractivity contribution in [1.82, 2.24) is 25.6 Å². The zero-order chi connectivity index (χ0) is 23.2. The van der Waals surface area contributed by atoms with Crippen LogP contribution in [0.1, 0.15) is 42.7 Å². The third-order valence-corrected chi connectivity index (χ3v) is 4.80. The molecule has 172 valence electrons. The third kappa shape index (κ3) is 7.76. The molecule has 3 heterocycles. The average molecular weight is 441 g/mol. The van der Waals surface area contributed by atoms with E-state index in [2.05, 4.69) is 36.2 Å². The second-order valence-corrected chi connectivity index (χ2v) is 6.96. The summed E-state index contributed by atoms with van der Waals surface area (Å²) in [6.45, 7) is 7.66. The molecule has 0 atom stereocenters. The summed E-state index contributed by atoms with van der Waals surface area (Å²) in [4.78, 5) is 25.1. The summed E-state index contributed by atoms with van der Waals surface area (Å²) in [6.07, 6.45) is 6.58. The minimum atomic E-state index is -0.211. The molecular formula is C22H32N8O2. The maximum absolute atomic E-state index is 12.6. The second kappa shape index (κ2) is 13.9. The van der Waals surface area contributed by atoms with Gasteiger partial charge in [0.05, 0.1) is 30.3 Å². The third-order valence-electron chi connectivity index (χ3n) is 4.80. The fraction of sp³-hybridized carbons (Fsp3) is 0.500. The first-order valence-corrected chi connectivity index (χ1v) is 10.9. The van der Waals surface area contributed by atoms with Gasteiger partial charge in [-0.3, -0.25) is 4.79 Å². The van der Waals surface area contributed by atoms with Gasteiger partial charge in [-0.15, -0.1) is 0 Å². The Morgan fingerprint density at radius 1 is 1.19 bits per heavy atom. The van der Waals surface area contributed by atoms with Crippen LogP contribution in [-0.4, -0.2) is 60.8 Å². The fourth-order valence-corrected chi connectivity index (χ4v) is 3.13. The molecule has 0 unspecified atom stereocenters. The molecule has 0 aromatic carbocycles. The summed E-state index contributed by atoms with van der Waals surface area (Å²) in [6, 6.07) is 3.71. The van der Waals surface area contributed by atoms with Crippen LogP contribution in [0.4, 0.5) is 17.3 Å². The van der Waals surface area contributed by atoms with Crippen molar-refractivity contribution in [3.05, 3.63) is 35.9 Å². The topological polar surface area (TPSA) is 137 Å². The number of pyridine rings is 1. The molecule has 0 saturated carbocycles. The number of methoxy groups -OCH3 is 1. The van der Waals surface area contributed by atoms with Crippen molar-refractivity contribution >= 4 is 23.2 Å². The van der Waals surface area contributed by atoms with Crippen LogP contribution in [0.2, 0.25) is 0 Å². The minimum absolute atomic E-state index is 0.211. The quantitative estimate of drug-likeness (QED) is 0.433. The molecular weight excluding hydrogens is 408 g/mol. The van der Waals surface area contributed by atoms with Gasteiger partial charge in [0.15, 0.2) is 5.69 Å². The maximum atomic E-state index is 12.6. The number of hydrogen-bond acceptors (Lipinski definition) is 9. The van der Waals surface area contributed by atoms with Crippen molar-refractivity contribution in [2.45, 2.75) is 26.7 Å². The van der Waals surface area contributed by atoms with Crippen molar-refractivity contribution in [3.63, 3.8) is 0 Å². The van der Waals surface area contributed by atoms with Crippen LogP contribution < -0.4 is 21.3 Å². The summed E-state index contributed by atoms with van der Waals surface area (Å²) >= 11 is 0. The Morgan fingerprint density at radius 2 is 1.94 bits per heavy atom. The number of hydrogen-bond donors (Lipinski definition) is 4. The summed E-state index contributed by atoms with van der Waals surface area (Å²) in [5.74, 6) is 1.32. The number of carbonyl (C=O) groups excluding carboxylic acids is 1. The van der Waals surface area contributed by atoms with Gasteiger partial charge in [0.25, 0.3) is 5.91 Å². The largest absolute Gasteiger partial charge is 0.384 e. The Kier molecular flexibility index (Phi) is 10.8. The molecule has 1 saturated heterocycles. The highest BCUT2D eigenvalue weighted by molar-refractivity contribution is 5.99. The van der Waals surface area contributed by atoms with Gasteiger partial charge in [-0.05, 0) is 31.8 Å². The predicted molar refractivity (Wildman–Crippen MR) is 124 cm³/mol. The number of piperidine rings is 1. The van der Waals surface area contributed by atoms with Crippen molar-refractivity contribution in [2.75, 3.05) is 50.5 Å². The van der Waals surface area contributed by atoms with E-state index in [-0.39, 0.29) is 11.6 Å². The lowest BCUT2D eigenvalue weighted by Gasteiger charge is -2.24. The molecule has 0 aliphatic carbocycles. The Morgan fingerprint density at radius 3 is 2.59 bits per heavy atom. The molecule has 10 nitrogen and oxygen atoms in total. The minimum Gasteiger partial charge on any atom is -0.384 e. The summed E-state index contributed by atoms with van der Waals surface area (Å²) in [7, 11) is 1.59. The first-order valence-electron chi connectivity index (χ1n) is 10.9. The van der Waals surface area contributed by atoms with Gasteiger partial charge in [0, 0.05) is 32.5 Å². The number of anilines is 3. The average Bonchev–Trinajstić information content (AvgIpc) is 2.85. The first kappa shape index (κ1) is 25.0. The molecule has 10 heteroatoms. The standard InChI is InChI=1S/C20H26N8O2.C2H6/c1-30-7-6-23-20(29)16-12-27-18(28-19-13-24-15(9-21)11-26-19)8-17(16)25-10-14-2-4-22-5-3-14;1-2/h8,11-14,22H,2-7,10H2,1H3,(H,23,29)(H2,25,26,27,28);1-2H3. The molecule has 0 radical (unpaired) electrons. The van der Waals surface area contributed by atoms with E-state index in [4.69, 9.17) is 10.00 Å². The van der Waals surface area contributed by atoms with Gasteiger partial charge in [-0.25, -0.2) is 15.0 Å². The van der Waals surface area contributed by atoms with E-state index in [1.807, 2.05) is 19.9 Å². The maximum Gasteiger partial charge on any atom is 0.255 e. The molecule has 1 aliphatic rings. The van der Waals surface area contributed by atoms with Crippen molar-refractivity contribution in [1.29, 1.82) is 5.26 Å². The summed E-state index contributed by atoms with van der Waals surface area (Å²) in [5.41, 5.74) is 1.40. The number of rotatable bonds is 9. The van der Waals surface area contributed by atoms with Gasteiger partial charge < -0.3 is 26.0 Å². The van der Waals surface area contributed by atoms with E-state index in [9.17, 15) is 4.79 Å². The van der Waals surface area contributed by atoms with Gasteiger partial charge in [0.2, 0.25) is 0 Å². The Bertz CT molecular complexity index is 876. The smallest absolute Gasteiger partial charge is 0.255 e. The molecule has 1 fully saturated rings. The summed E-state index contributed by atoms with van der Waals surface area (Å²) in [5, 5.41) is 21.5. The van der Waals surface area contributed by atoms with Crippen LogP contribution in [-0.2, 0) is 4.74 Å². The molecule has 3 rings (SSSR count). The Hall–Kier alpha value is -3.29. The molecule has 0 spiro atoms. The van der Waals surface area contributed by atoms with Gasteiger partial charge in [-0.2, -0.15) is 5.26 Å². The van der Waals surface area contributed by atoms with Gasteiger partial charge >= 0.3 is 0 Å². The van der Waals surface area contributed by atoms with Crippen LogP contribution in [0.5, 0.6) is 0 Å². The predicted octanol–water partition coefficient (Wildman–Crippen LogP) is 2.30. The van der Waals surface area contributed by atoms with E-state index in [0.717, 1.165) is 32.5 Å². The van der Waals surface area contributed by atoms with E-state index in [1.165, 1.54) is 18.6 Å². The van der Waals surface area contributed by atoms with E-state index < -0.39 is 0 Å². The Labute approximate surface area is 189 Å². The lowest BCUT2D eigenvalue weighted by molar-refractivity contribution is 0.0937. The van der Waals surface area contributed by atoms with Crippen LogP contribution >= 0.6 is 0 Å². The van der Waals surface area contributed by atoms with E-state index in [1.54, 1.807) is 13.2 Å². The molecule has 2 aromatic heterocycles. The normalized spacial score (nSPS) is 13.3. The summed E-state index contributed by atoms with van der Waals surface area (Å²) < 4.78 is 4.99. The molecule has 0 bridgehead atoms. The van der Waals surface area contributed by atoms with Crippen molar-refractivity contribution in [2.24, 2.45) is 5.92 Å². The number of nitrogens with zero attached hydrogens (tertiary/aromatic N) is 4. The zero-order valence-electron chi connectivity index (χ0n) is 18.9. The highest BCUT2D eigenvalue weighted by Crippen LogP contribution is 2.22. The number of carbonyl (C=O) groups is 1. The molecule has 32 heavy (non-hydrogen) atoms. The number of nitrogens with one attached hydrogen (secondary N) is 4. The molecule has 1 amide bonds. The molecule has 1 aliphatic heterocycles. The van der Waals surface area contributed by atoms with Crippen LogP contribution in [0.15, 0.2) is 24.7 Å². The second-order valence-electron chi connectivity index (χ2n) is 6.96. The van der Waals surface area contributed by atoms with E-state index >= 15 is 0 Å². The monoisotopic (exact) mass is 440 g/mol. The van der Waals surface area contributed by atoms with Crippen LogP contribution in [0.3, 0.4) is 0 Å². The van der Waals surface area contributed by atoms with Crippen molar-refractivity contribution < 1.29 is 9.53 Å². The number of nitriles is 1. The SMILES string of the molecule is CC.COCCNC(=O)c1cnc(Nc2cnc(C#N)cn2)cc1NCC1CCNCC1. The van der Waals surface area contributed by atoms with Gasteiger partial charge in [0.1, 0.15) is 17.7 Å². The number of amides is 1. The lowest BCUT2D eigenvalue weighted by atomic mass is 9.98. The Balaban J connectivity index is 0.00000176. The molecule has 2 aromatic rings. The zero-order valence-corrected chi connectivity index (χ0v) is 18.9. The van der Waals surface area contributed by atoms with Crippen LogP contribution in [0, 0.1) is 17.2 Å². The van der Waals surface area contributed by atoms with Crippen molar-refractivity contribution in [3.8, 4) is 6.07 Å². The first-order chi connectivity index (χ1) is 15.7. The molecule has 4 N–H and O–H groups in total. The highest BCUT2D eigenvalue weighted by atomic mass is 16.5.